The molecule has 2 heterocycles. The fraction of sp³-hybridized carbons (Fsp3) is 0. The largest absolute Gasteiger partial charge is 0.321 e. The third-order valence-electron chi connectivity index (χ3n) is 3.97. The van der Waals surface area contributed by atoms with Crippen LogP contribution in [0.3, 0.4) is 0 Å². The molecular formula is C17H10N4O4S2. The van der Waals surface area contributed by atoms with Gasteiger partial charge in [0, 0.05) is 17.8 Å². The van der Waals surface area contributed by atoms with Gasteiger partial charge in [-0.25, -0.2) is 0 Å². The molecule has 0 bridgehead atoms. The average Bonchev–Trinajstić information content (AvgIpc) is 2.99. The minimum Gasteiger partial charge on any atom is -0.321 e. The Kier molecular flexibility index (Phi) is 4.05. The highest BCUT2D eigenvalue weighted by molar-refractivity contribution is 7.73. The zero-order chi connectivity index (χ0) is 19.1. The lowest BCUT2D eigenvalue weighted by molar-refractivity contribution is -0.384. The van der Waals surface area contributed by atoms with E-state index >= 15 is 0 Å². The van der Waals surface area contributed by atoms with Crippen molar-refractivity contribution in [1.82, 2.24) is 9.38 Å². The van der Waals surface area contributed by atoms with Gasteiger partial charge in [-0.3, -0.25) is 24.1 Å². The van der Waals surface area contributed by atoms with E-state index in [-0.39, 0.29) is 16.1 Å². The number of carbonyl (C=O) groups is 1. The number of H-pyrrole nitrogens is 1. The molecule has 0 fully saturated rings. The van der Waals surface area contributed by atoms with E-state index in [2.05, 4.69) is 10.3 Å². The summed E-state index contributed by atoms with van der Waals surface area (Å²) in [4.78, 5) is 38.2. The van der Waals surface area contributed by atoms with Gasteiger partial charge in [-0.15, -0.1) is 0 Å². The molecule has 0 aliphatic rings. The van der Waals surface area contributed by atoms with Crippen molar-refractivity contribution in [2.75, 3.05) is 5.32 Å². The van der Waals surface area contributed by atoms with Crippen LogP contribution in [0.2, 0.25) is 0 Å². The first kappa shape index (κ1) is 17.1. The molecule has 2 N–H and O–H groups in total. The predicted octanol–water partition coefficient (Wildman–Crippen LogP) is 3.73. The maximum absolute atomic E-state index is 12.7. The Morgan fingerprint density at radius 3 is 2.59 bits per heavy atom. The van der Waals surface area contributed by atoms with E-state index in [4.69, 9.17) is 12.2 Å². The molecular weight excluding hydrogens is 388 g/mol. The first-order valence-corrected chi connectivity index (χ1v) is 8.90. The van der Waals surface area contributed by atoms with Gasteiger partial charge in [-0.05, 0) is 36.5 Å². The van der Waals surface area contributed by atoms with Gasteiger partial charge in [0.25, 0.3) is 17.2 Å². The summed E-state index contributed by atoms with van der Waals surface area (Å²) in [6.45, 7) is 0. The number of non-ortho nitro benzene ring substituents is 1. The summed E-state index contributed by atoms with van der Waals surface area (Å²) in [5.74, 6) is -0.464. The van der Waals surface area contributed by atoms with Crippen molar-refractivity contribution in [2.24, 2.45) is 0 Å². The number of nitro groups is 1. The third-order valence-corrected chi connectivity index (χ3v) is 5.35. The molecule has 2 aromatic carbocycles. The minimum atomic E-state index is -0.520. The monoisotopic (exact) mass is 398 g/mol. The molecule has 0 atom stereocenters. The van der Waals surface area contributed by atoms with Crippen LogP contribution in [0.15, 0.2) is 53.3 Å². The molecule has 0 aliphatic heterocycles. The number of benzene rings is 2. The average molecular weight is 398 g/mol. The molecule has 0 spiro atoms. The molecule has 8 nitrogen and oxygen atoms in total. The third kappa shape index (κ3) is 2.90. The highest BCUT2D eigenvalue weighted by Crippen LogP contribution is 2.24. The molecule has 1 amide bonds. The van der Waals surface area contributed by atoms with Crippen molar-refractivity contribution >= 4 is 57.4 Å². The summed E-state index contributed by atoms with van der Waals surface area (Å²) in [5, 5.41) is 13.9. The second-order valence-electron chi connectivity index (χ2n) is 5.61. The predicted molar refractivity (Wildman–Crippen MR) is 105 cm³/mol. The van der Waals surface area contributed by atoms with Crippen LogP contribution in [0.4, 0.5) is 11.4 Å². The maximum Gasteiger partial charge on any atom is 0.269 e. The van der Waals surface area contributed by atoms with Gasteiger partial charge < -0.3 is 10.3 Å². The van der Waals surface area contributed by atoms with Gasteiger partial charge in [0.2, 0.25) is 0 Å². The van der Waals surface area contributed by atoms with Crippen molar-refractivity contribution < 1.29 is 9.72 Å². The van der Waals surface area contributed by atoms with Crippen molar-refractivity contribution in [2.45, 2.75) is 0 Å². The Labute approximate surface area is 159 Å². The van der Waals surface area contributed by atoms with Gasteiger partial charge in [-0.1, -0.05) is 23.5 Å². The fourth-order valence-electron chi connectivity index (χ4n) is 2.75. The van der Waals surface area contributed by atoms with E-state index in [9.17, 15) is 19.7 Å². The number of nitrogens with zero attached hydrogens (tertiary/aromatic N) is 2. The summed E-state index contributed by atoms with van der Waals surface area (Å²) in [5.41, 5.74) is 0.933. The molecule has 0 radical (unpaired) electrons. The van der Waals surface area contributed by atoms with E-state index in [1.165, 1.54) is 24.3 Å². The van der Waals surface area contributed by atoms with E-state index < -0.39 is 10.8 Å². The second kappa shape index (κ2) is 6.41. The summed E-state index contributed by atoms with van der Waals surface area (Å²) < 4.78 is 2.08. The van der Waals surface area contributed by atoms with Crippen LogP contribution in [0.1, 0.15) is 9.67 Å². The molecule has 27 heavy (non-hydrogen) atoms. The molecule has 0 saturated carbocycles. The quantitative estimate of drug-likeness (QED) is 0.310. The zero-order valence-corrected chi connectivity index (χ0v) is 15.1. The Morgan fingerprint density at radius 1 is 1.19 bits per heavy atom. The molecule has 0 saturated heterocycles. The number of hydrogen-bond donors (Lipinski definition) is 2. The number of nitrogens with one attached hydrogen (secondary N) is 2. The number of carbonyl (C=O) groups excluding carboxylic acids is 1. The van der Waals surface area contributed by atoms with Crippen LogP contribution >= 0.6 is 23.6 Å². The molecule has 134 valence electrons. The van der Waals surface area contributed by atoms with E-state index in [1.807, 2.05) is 0 Å². The lowest BCUT2D eigenvalue weighted by atomic mass is 10.2. The topological polar surface area (TPSA) is 110 Å². The summed E-state index contributed by atoms with van der Waals surface area (Å²) >= 11 is 6.45. The number of anilines is 1. The number of thiazole rings is 1. The SMILES string of the molecule is O=C(Nc1ccc([N+](=O)[O-])cc1)c1sc(=S)n2c1[nH]c(=O)c1ccccc12. The first-order valence-electron chi connectivity index (χ1n) is 7.68. The number of nitro benzene ring substituents is 1. The number of rotatable bonds is 3. The molecule has 10 heteroatoms. The van der Waals surface area contributed by atoms with Crippen molar-refractivity contribution in [3.05, 3.63) is 77.8 Å². The number of aromatic nitrogens is 2. The van der Waals surface area contributed by atoms with Crippen molar-refractivity contribution in [1.29, 1.82) is 0 Å². The summed E-state index contributed by atoms with van der Waals surface area (Å²) in [7, 11) is 0. The number of para-hydroxylation sites is 1. The van der Waals surface area contributed by atoms with Crippen LogP contribution < -0.4 is 10.9 Å². The normalized spacial score (nSPS) is 11.0. The number of amides is 1. The van der Waals surface area contributed by atoms with E-state index in [0.717, 1.165) is 11.3 Å². The van der Waals surface area contributed by atoms with Gasteiger partial charge in [-0.2, -0.15) is 0 Å². The first-order chi connectivity index (χ1) is 13.0. The van der Waals surface area contributed by atoms with Crippen molar-refractivity contribution in [3.63, 3.8) is 0 Å². The van der Waals surface area contributed by atoms with Gasteiger partial charge in [0.1, 0.15) is 10.5 Å². The number of hydrogen-bond acceptors (Lipinski definition) is 6. The van der Waals surface area contributed by atoms with Crippen LogP contribution in [-0.2, 0) is 0 Å². The summed E-state index contributed by atoms with van der Waals surface area (Å²) in [6, 6.07) is 12.5. The van der Waals surface area contributed by atoms with Crippen LogP contribution in [0, 0.1) is 14.1 Å². The van der Waals surface area contributed by atoms with E-state index in [1.54, 1.807) is 28.7 Å². The molecule has 4 aromatic rings. The van der Waals surface area contributed by atoms with Crippen LogP contribution in [0.25, 0.3) is 16.6 Å². The lowest BCUT2D eigenvalue weighted by Crippen LogP contribution is -2.14. The second-order valence-corrected chi connectivity index (χ2v) is 7.25. The Bertz CT molecular complexity index is 1340. The van der Waals surface area contributed by atoms with Gasteiger partial charge >= 0.3 is 0 Å². The smallest absolute Gasteiger partial charge is 0.269 e. The molecule has 2 aromatic heterocycles. The van der Waals surface area contributed by atoms with Gasteiger partial charge in [0.05, 0.1) is 15.8 Å². The van der Waals surface area contributed by atoms with Crippen molar-refractivity contribution in [3.8, 4) is 0 Å². The number of fused-ring (bicyclic) bond motifs is 3. The number of aromatic amines is 1. The molecule has 0 aliphatic carbocycles. The minimum absolute atomic E-state index is 0.0752. The highest BCUT2D eigenvalue weighted by atomic mass is 32.1. The zero-order valence-electron chi connectivity index (χ0n) is 13.5. The van der Waals surface area contributed by atoms with Gasteiger partial charge in [0.15, 0.2) is 3.95 Å². The van der Waals surface area contributed by atoms with Crippen LogP contribution in [-0.4, -0.2) is 20.2 Å². The highest BCUT2D eigenvalue weighted by Gasteiger charge is 2.18. The Hall–Kier alpha value is -3.37. The molecule has 4 rings (SSSR count). The fourth-order valence-corrected chi connectivity index (χ4v) is 4.03. The molecule has 0 unspecified atom stereocenters. The lowest BCUT2D eigenvalue weighted by Gasteiger charge is -2.05. The van der Waals surface area contributed by atoms with Crippen LogP contribution in [0.5, 0.6) is 0 Å². The standard InChI is InChI=1S/C17H10N4O4S2/c22-15-11-3-1-2-4-12(11)20-14(19-15)13(27-17(20)26)16(23)18-9-5-7-10(8-6-9)21(24)25/h1-8H,(H,18,23)(H,19,22). The maximum atomic E-state index is 12.7. The Balaban J connectivity index is 1.80. The van der Waals surface area contributed by atoms with E-state index in [0.29, 0.717) is 26.2 Å². The Morgan fingerprint density at radius 2 is 1.89 bits per heavy atom. The summed E-state index contributed by atoms with van der Waals surface area (Å²) in [6.07, 6.45) is 0.